The molecule has 1 amide bonds. The highest BCUT2D eigenvalue weighted by atomic mass is 79.9. The van der Waals surface area contributed by atoms with Gasteiger partial charge in [-0.05, 0) is 37.1 Å². The number of hydrogen-bond acceptors (Lipinski definition) is 1. The van der Waals surface area contributed by atoms with Gasteiger partial charge in [-0.3, -0.25) is 4.79 Å². The number of carbonyl (C=O) groups is 1. The molecule has 1 aromatic carbocycles. The predicted octanol–water partition coefficient (Wildman–Crippen LogP) is 3.89. The Bertz CT molecular complexity index is 391. The summed E-state index contributed by atoms with van der Waals surface area (Å²) >= 11 is 7.01. The van der Waals surface area contributed by atoms with Crippen molar-refractivity contribution in [2.24, 2.45) is 0 Å². The van der Waals surface area contributed by atoms with Gasteiger partial charge >= 0.3 is 0 Å². The second-order valence-electron chi connectivity index (χ2n) is 4.39. The summed E-state index contributed by atoms with van der Waals surface area (Å²) in [6, 6.07) is 7.72. The van der Waals surface area contributed by atoms with E-state index in [1.54, 1.807) is 0 Å². The largest absolute Gasteiger partial charge is 0.348 e. The Balaban J connectivity index is 1.98. The summed E-state index contributed by atoms with van der Waals surface area (Å²) in [6.45, 7) is 0. The molecule has 0 heterocycles. The third-order valence-electron chi connectivity index (χ3n) is 3.10. The fourth-order valence-corrected chi connectivity index (χ4v) is 3.09. The third-order valence-corrected chi connectivity index (χ3v) is 4.73. The number of nitrogens with one attached hydrogen (secondary N) is 1. The van der Waals surface area contributed by atoms with Gasteiger partial charge in [0.15, 0.2) is 0 Å². The molecule has 2 atom stereocenters. The Labute approximate surface area is 118 Å². The quantitative estimate of drug-likeness (QED) is 0.796. The number of hydrogen-bond donors (Lipinski definition) is 1. The summed E-state index contributed by atoms with van der Waals surface area (Å²) in [5, 5.41) is 3.10. The van der Waals surface area contributed by atoms with Crippen LogP contribution in [0.15, 0.2) is 28.7 Å². The first-order valence-corrected chi connectivity index (χ1v) is 7.58. The number of amides is 1. The van der Waals surface area contributed by atoms with Crippen molar-refractivity contribution < 1.29 is 4.79 Å². The van der Waals surface area contributed by atoms with Crippen molar-refractivity contribution in [3.05, 3.63) is 34.3 Å². The maximum Gasteiger partial charge on any atom is 0.251 e. The van der Waals surface area contributed by atoms with Crippen LogP contribution in [0.3, 0.4) is 0 Å². The highest BCUT2D eigenvalue weighted by molar-refractivity contribution is 9.10. The van der Waals surface area contributed by atoms with Crippen LogP contribution >= 0.6 is 31.9 Å². The topological polar surface area (TPSA) is 29.1 Å². The van der Waals surface area contributed by atoms with E-state index in [1.807, 2.05) is 24.3 Å². The number of alkyl halides is 1. The van der Waals surface area contributed by atoms with Gasteiger partial charge in [0.2, 0.25) is 0 Å². The van der Waals surface area contributed by atoms with Gasteiger partial charge in [-0.15, -0.1) is 0 Å². The van der Waals surface area contributed by atoms with Crippen LogP contribution < -0.4 is 5.32 Å². The molecule has 0 spiro atoms. The minimum atomic E-state index is 0.0221. The number of rotatable bonds is 2. The summed E-state index contributed by atoms with van der Waals surface area (Å²) < 4.78 is 0.991. The molecular weight excluding hydrogens is 346 g/mol. The Hall–Kier alpha value is -0.350. The zero-order valence-electron chi connectivity index (χ0n) is 9.46. The SMILES string of the molecule is O=C(NC1CCCCC1Br)c1ccc(Br)cc1. The average molecular weight is 361 g/mol. The maximum atomic E-state index is 12.0. The normalized spacial score (nSPS) is 24.4. The van der Waals surface area contributed by atoms with Gasteiger partial charge in [0.05, 0.1) is 0 Å². The molecular formula is C13H15Br2NO. The van der Waals surface area contributed by atoms with E-state index < -0.39 is 0 Å². The van der Waals surface area contributed by atoms with Crippen LogP contribution in [0.2, 0.25) is 0 Å². The van der Waals surface area contributed by atoms with Crippen LogP contribution in [-0.2, 0) is 0 Å². The van der Waals surface area contributed by atoms with E-state index in [0.29, 0.717) is 4.83 Å². The lowest BCUT2D eigenvalue weighted by atomic mass is 9.95. The molecule has 1 N–H and O–H groups in total. The lowest BCUT2D eigenvalue weighted by Gasteiger charge is -2.28. The van der Waals surface area contributed by atoms with Gasteiger partial charge in [-0.25, -0.2) is 0 Å². The van der Waals surface area contributed by atoms with E-state index >= 15 is 0 Å². The van der Waals surface area contributed by atoms with Crippen molar-refractivity contribution in [2.75, 3.05) is 0 Å². The fraction of sp³-hybridized carbons (Fsp3) is 0.462. The second-order valence-corrected chi connectivity index (χ2v) is 6.48. The minimum Gasteiger partial charge on any atom is -0.348 e. The Morgan fingerprint density at radius 1 is 1.18 bits per heavy atom. The molecule has 1 aliphatic rings. The standard InChI is InChI=1S/C13H15Br2NO/c14-10-7-5-9(6-8-10)13(17)16-12-4-2-1-3-11(12)15/h5-8,11-12H,1-4H2,(H,16,17). The fourth-order valence-electron chi connectivity index (χ4n) is 2.10. The van der Waals surface area contributed by atoms with Crippen LogP contribution in [0, 0.1) is 0 Å². The first kappa shape index (κ1) is 13.1. The molecule has 1 aliphatic carbocycles. The first-order chi connectivity index (χ1) is 8.16. The Morgan fingerprint density at radius 2 is 1.82 bits per heavy atom. The monoisotopic (exact) mass is 359 g/mol. The zero-order chi connectivity index (χ0) is 12.3. The summed E-state index contributed by atoms with van der Waals surface area (Å²) in [7, 11) is 0. The predicted molar refractivity (Wildman–Crippen MR) is 76.6 cm³/mol. The molecule has 2 unspecified atom stereocenters. The van der Waals surface area contributed by atoms with Crippen LogP contribution in [0.5, 0.6) is 0 Å². The maximum absolute atomic E-state index is 12.0. The molecule has 17 heavy (non-hydrogen) atoms. The molecule has 0 aliphatic heterocycles. The highest BCUT2D eigenvalue weighted by Crippen LogP contribution is 2.24. The van der Waals surface area contributed by atoms with Crippen molar-refractivity contribution >= 4 is 37.8 Å². The lowest BCUT2D eigenvalue weighted by molar-refractivity contribution is 0.0930. The molecule has 0 radical (unpaired) electrons. The van der Waals surface area contributed by atoms with E-state index in [1.165, 1.54) is 12.8 Å². The number of carbonyl (C=O) groups excluding carboxylic acids is 1. The molecule has 0 aromatic heterocycles. The second kappa shape index (κ2) is 6.01. The molecule has 0 bridgehead atoms. The molecule has 1 fully saturated rings. The van der Waals surface area contributed by atoms with Crippen molar-refractivity contribution in [3.8, 4) is 0 Å². The van der Waals surface area contributed by atoms with E-state index in [-0.39, 0.29) is 11.9 Å². The van der Waals surface area contributed by atoms with Crippen LogP contribution in [0.25, 0.3) is 0 Å². The molecule has 2 rings (SSSR count). The van der Waals surface area contributed by atoms with E-state index in [0.717, 1.165) is 22.9 Å². The first-order valence-electron chi connectivity index (χ1n) is 5.87. The Kier molecular flexibility index (Phi) is 4.62. The molecule has 0 saturated heterocycles. The zero-order valence-corrected chi connectivity index (χ0v) is 12.6. The minimum absolute atomic E-state index is 0.0221. The summed E-state index contributed by atoms with van der Waals surface area (Å²) in [6.07, 6.45) is 4.66. The molecule has 2 nitrogen and oxygen atoms in total. The smallest absolute Gasteiger partial charge is 0.251 e. The van der Waals surface area contributed by atoms with E-state index in [2.05, 4.69) is 37.2 Å². The van der Waals surface area contributed by atoms with Gasteiger partial charge in [0.25, 0.3) is 5.91 Å². The van der Waals surface area contributed by atoms with Gasteiger partial charge in [0.1, 0.15) is 0 Å². The Morgan fingerprint density at radius 3 is 2.47 bits per heavy atom. The third kappa shape index (κ3) is 3.55. The summed E-state index contributed by atoms with van der Waals surface area (Å²) in [5.41, 5.74) is 0.721. The van der Waals surface area contributed by atoms with Crippen LogP contribution in [-0.4, -0.2) is 16.8 Å². The summed E-state index contributed by atoms with van der Waals surface area (Å²) in [5.74, 6) is 0.0221. The molecule has 92 valence electrons. The summed E-state index contributed by atoms with van der Waals surface area (Å²) in [4.78, 5) is 12.4. The van der Waals surface area contributed by atoms with Gasteiger partial charge in [0, 0.05) is 20.9 Å². The number of halogens is 2. The van der Waals surface area contributed by atoms with E-state index in [4.69, 9.17) is 0 Å². The van der Waals surface area contributed by atoms with Gasteiger partial charge in [-0.2, -0.15) is 0 Å². The average Bonchev–Trinajstić information content (AvgIpc) is 2.33. The highest BCUT2D eigenvalue weighted by Gasteiger charge is 2.24. The van der Waals surface area contributed by atoms with Crippen LogP contribution in [0.4, 0.5) is 0 Å². The molecule has 4 heteroatoms. The van der Waals surface area contributed by atoms with Crippen molar-refractivity contribution in [3.63, 3.8) is 0 Å². The van der Waals surface area contributed by atoms with Gasteiger partial charge in [-0.1, -0.05) is 44.7 Å². The van der Waals surface area contributed by atoms with Crippen molar-refractivity contribution in [2.45, 2.75) is 36.6 Å². The lowest BCUT2D eigenvalue weighted by Crippen LogP contribution is -2.42. The van der Waals surface area contributed by atoms with Crippen LogP contribution in [0.1, 0.15) is 36.0 Å². The number of benzene rings is 1. The molecule has 1 saturated carbocycles. The van der Waals surface area contributed by atoms with Gasteiger partial charge < -0.3 is 5.32 Å². The van der Waals surface area contributed by atoms with Crippen molar-refractivity contribution in [1.82, 2.24) is 5.32 Å². The van der Waals surface area contributed by atoms with E-state index in [9.17, 15) is 4.79 Å². The molecule has 1 aromatic rings. The van der Waals surface area contributed by atoms with Crippen molar-refractivity contribution in [1.29, 1.82) is 0 Å².